The van der Waals surface area contributed by atoms with Gasteiger partial charge in [-0.05, 0) is 11.9 Å². The highest BCUT2D eigenvalue weighted by atomic mass is 35.5. The first kappa shape index (κ1) is 4.30. The van der Waals surface area contributed by atoms with Gasteiger partial charge in [0.2, 0.25) is 0 Å². The molecule has 0 aromatic rings. The molecule has 0 atom stereocenters. The van der Waals surface area contributed by atoms with E-state index in [1.54, 1.807) is 6.20 Å². The van der Waals surface area contributed by atoms with Gasteiger partial charge in [-0.2, -0.15) is 4.83 Å². The summed E-state index contributed by atoms with van der Waals surface area (Å²) >= 11 is 6.77. The minimum Gasteiger partial charge on any atom is -0.317 e. The summed E-state index contributed by atoms with van der Waals surface area (Å²) in [5, 5.41) is 0. The van der Waals surface area contributed by atoms with Crippen LogP contribution in [0.3, 0.4) is 0 Å². The first-order valence-electron chi connectivity index (χ1n) is 1.42. The standard InChI is InChI=1S/C2H3ClN2S/c3-2-1-4-5-6-2/h1,4-5H. The second-order valence-electron chi connectivity index (χ2n) is 0.797. The van der Waals surface area contributed by atoms with Crippen LogP contribution in [0.2, 0.25) is 0 Å². The lowest BCUT2D eigenvalue weighted by Crippen LogP contribution is -2.11. The Morgan fingerprint density at radius 2 is 2.67 bits per heavy atom. The van der Waals surface area contributed by atoms with Crippen LogP contribution in [0.5, 0.6) is 0 Å². The monoisotopic (exact) mass is 122 g/mol. The Hall–Kier alpha value is 0.140. The van der Waals surface area contributed by atoms with Crippen LogP contribution in [0.25, 0.3) is 0 Å². The number of rotatable bonds is 0. The summed E-state index contributed by atoms with van der Waals surface area (Å²) in [5.41, 5.74) is 2.69. The van der Waals surface area contributed by atoms with E-state index in [2.05, 4.69) is 10.3 Å². The molecule has 0 aromatic carbocycles. The van der Waals surface area contributed by atoms with Crippen molar-refractivity contribution in [3.8, 4) is 0 Å². The molecule has 1 aliphatic rings. The molecule has 2 N–H and O–H groups in total. The maximum atomic E-state index is 5.41. The van der Waals surface area contributed by atoms with Gasteiger partial charge in [-0.1, -0.05) is 11.6 Å². The zero-order valence-electron chi connectivity index (χ0n) is 2.86. The van der Waals surface area contributed by atoms with E-state index < -0.39 is 0 Å². The van der Waals surface area contributed by atoms with E-state index in [0.29, 0.717) is 0 Å². The van der Waals surface area contributed by atoms with Gasteiger partial charge in [0.25, 0.3) is 0 Å². The van der Waals surface area contributed by atoms with Gasteiger partial charge < -0.3 is 5.43 Å². The van der Waals surface area contributed by atoms with Gasteiger partial charge in [0.15, 0.2) is 0 Å². The largest absolute Gasteiger partial charge is 0.317 e. The number of hydrazine groups is 1. The SMILES string of the molecule is ClC1=CNNS1. The summed E-state index contributed by atoms with van der Waals surface area (Å²) in [6, 6.07) is 0. The van der Waals surface area contributed by atoms with E-state index in [9.17, 15) is 0 Å². The zero-order valence-corrected chi connectivity index (χ0v) is 4.44. The van der Waals surface area contributed by atoms with Crippen LogP contribution in [-0.4, -0.2) is 0 Å². The van der Waals surface area contributed by atoms with Crippen molar-refractivity contribution in [1.82, 2.24) is 10.3 Å². The van der Waals surface area contributed by atoms with Crippen molar-refractivity contribution in [2.45, 2.75) is 0 Å². The van der Waals surface area contributed by atoms with Crippen molar-refractivity contribution in [2.75, 3.05) is 0 Å². The van der Waals surface area contributed by atoms with Crippen molar-refractivity contribution < 1.29 is 0 Å². The molecule has 0 fully saturated rings. The van der Waals surface area contributed by atoms with E-state index in [-0.39, 0.29) is 0 Å². The number of halogens is 1. The van der Waals surface area contributed by atoms with Gasteiger partial charge in [0.1, 0.15) is 4.36 Å². The molecule has 0 aromatic heterocycles. The smallest absolute Gasteiger partial charge is 0.107 e. The Bertz CT molecular complexity index is 81.6. The van der Waals surface area contributed by atoms with Gasteiger partial charge >= 0.3 is 0 Å². The summed E-state index contributed by atoms with van der Waals surface area (Å²) in [6.45, 7) is 0. The van der Waals surface area contributed by atoms with Gasteiger partial charge in [0, 0.05) is 6.20 Å². The van der Waals surface area contributed by atoms with E-state index in [1.807, 2.05) is 0 Å². The lowest BCUT2D eigenvalue weighted by atomic mass is 11.1. The molecule has 0 bridgehead atoms. The molecule has 4 heteroatoms. The van der Waals surface area contributed by atoms with Crippen LogP contribution in [0.15, 0.2) is 10.6 Å². The molecule has 0 spiro atoms. The van der Waals surface area contributed by atoms with Crippen molar-refractivity contribution in [3.05, 3.63) is 10.6 Å². The van der Waals surface area contributed by atoms with Crippen LogP contribution < -0.4 is 10.3 Å². The number of nitrogens with one attached hydrogen (secondary N) is 2. The van der Waals surface area contributed by atoms with Crippen LogP contribution in [-0.2, 0) is 0 Å². The van der Waals surface area contributed by atoms with Crippen molar-refractivity contribution >= 4 is 23.5 Å². The first-order chi connectivity index (χ1) is 2.89. The molecule has 0 unspecified atom stereocenters. The maximum Gasteiger partial charge on any atom is 0.107 e. The zero-order chi connectivity index (χ0) is 4.41. The van der Waals surface area contributed by atoms with E-state index in [4.69, 9.17) is 11.6 Å². The Morgan fingerprint density at radius 1 is 1.83 bits per heavy atom. The quantitative estimate of drug-likeness (QED) is 0.465. The predicted molar refractivity (Wildman–Crippen MR) is 27.8 cm³/mol. The molecule has 6 heavy (non-hydrogen) atoms. The number of hydrogen-bond donors (Lipinski definition) is 2. The lowest BCUT2D eigenvalue weighted by Gasteiger charge is -1.82. The van der Waals surface area contributed by atoms with Crippen LogP contribution in [0.4, 0.5) is 0 Å². The fourth-order valence-corrected chi connectivity index (χ4v) is 0.697. The van der Waals surface area contributed by atoms with E-state index in [0.717, 1.165) is 4.36 Å². The van der Waals surface area contributed by atoms with Gasteiger partial charge in [-0.25, -0.2) is 0 Å². The maximum absolute atomic E-state index is 5.41. The molecule has 0 aliphatic carbocycles. The van der Waals surface area contributed by atoms with Gasteiger partial charge in [-0.3, -0.25) is 0 Å². The molecule has 1 heterocycles. The number of hydrogen-bond acceptors (Lipinski definition) is 3. The summed E-state index contributed by atoms with van der Waals surface area (Å²) in [4.78, 5) is 2.71. The highest BCUT2D eigenvalue weighted by molar-refractivity contribution is 8.02. The topological polar surface area (TPSA) is 24.1 Å². The summed E-state index contributed by atoms with van der Waals surface area (Å²) in [5.74, 6) is 0. The van der Waals surface area contributed by atoms with Crippen molar-refractivity contribution in [1.29, 1.82) is 0 Å². The second kappa shape index (κ2) is 1.73. The molecule has 1 rings (SSSR count). The average molecular weight is 123 g/mol. The fourth-order valence-electron chi connectivity index (χ4n) is 0.194. The molecule has 0 saturated heterocycles. The third-order valence-corrected chi connectivity index (χ3v) is 1.27. The summed E-state index contributed by atoms with van der Waals surface area (Å²) in [7, 11) is 0. The van der Waals surface area contributed by atoms with Crippen LogP contribution in [0, 0.1) is 0 Å². The van der Waals surface area contributed by atoms with Gasteiger partial charge in [0.05, 0.1) is 0 Å². The summed E-state index contributed by atoms with van der Waals surface area (Å²) in [6.07, 6.45) is 1.69. The van der Waals surface area contributed by atoms with Crippen LogP contribution in [0.1, 0.15) is 0 Å². The third-order valence-electron chi connectivity index (χ3n) is 0.393. The van der Waals surface area contributed by atoms with E-state index >= 15 is 0 Å². The first-order valence-corrected chi connectivity index (χ1v) is 2.62. The highest BCUT2D eigenvalue weighted by Gasteiger charge is 1.95. The third kappa shape index (κ3) is 0.801. The minimum atomic E-state index is 0.745. The predicted octanol–water partition coefficient (Wildman–Crippen LogP) is 0.780. The molecule has 34 valence electrons. The molecule has 1 aliphatic heterocycles. The Labute approximate surface area is 45.0 Å². The molecular weight excluding hydrogens is 120 g/mol. The fraction of sp³-hybridized carbons (Fsp3) is 0. The van der Waals surface area contributed by atoms with Crippen LogP contribution >= 0.6 is 23.5 Å². The second-order valence-corrected chi connectivity index (χ2v) is 2.28. The van der Waals surface area contributed by atoms with Gasteiger partial charge in [-0.15, -0.1) is 0 Å². The molecular formula is C2H3ClN2S. The normalized spacial score (nSPS) is 19.8. The lowest BCUT2D eigenvalue weighted by molar-refractivity contribution is 0.896. The average Bonchev–Trinajstić information content (AvgIpc) is 1.86. The Morgan fingerprint density at radius 3 is 2.83 bits per heavy atom. The molecule has 0 amide bonds. The minimum absolute atomic E-state index is 0.745. The molecule has 0 radical (unpaired) electrons. The van der Waals surface area contributed by atoms with E-state index in [1.165, 1.54) is 11.9 Å². The van der Waals surface area contributed by atoms with Crippen molar-refractivity contribution in [3.63, 3.8) is 0 Å². The highest BCUT2D eigenvalue weighted by Crippen LogP contribution is 2.16. The van der Waals surface area contributed by atoms with Crippen molar-refractivity contribution in [2.24, 2.45) is 0 Å². The molecule has 2 nitrogen and oxygen atoms in total. The Kier molecular flexibility index (Phi) is 1.24. The molecule has 0 saturated carbocycles. The Balaban J connectivity index is 2.45. The summed E-state index contributed by atoms with van der Waals surface area (Å²) < 4.78 is 0.745.